The second-order valence-corrected chi connectivity index (χ2v) is 5.68. The first-order valence-corrected chi connectivity index (χ1v) is 7.52. The summed E-state index contributed by atoms with van der Waals surface area (Å²) in [6.07, 6.45) is 2.01. The van der Waals surface area contributed by atoms with Gasteiger partial charge in [0.15, 0.2) is 0 Å². The topological polar surface area (TPSA) is 30.5 Å². The zero-order valence-electron chi connectivity index (χ0n) is 10.8. The zero-order chi connectivity index (χ0) is 13.4. The normalized spacial score (nSPS) is 10.7. The Hall–Kier alpha value is -0.100. The average Bonchev–Trinajstić information content (AvgIpc) is 2.32. The van der Waals surface area contributed by atoms with Crippen LogP contribution < -0.4 is 10.1 Å². The summed E-state index contributed by atoms with van der Waals surface area (Å²) in [7, 11) is 3.65. The van der Waals surface area contributed by atoms with Gasteiger partial charge >= 0.3 is 0 Å². The second kappa shape index (κ2) is 8.91. The molecule has 1 rings (SSSR count). The van der Waals surface area contributed by atoms with Crippen LogP contribution in [0.1, 0.15) is 18.4 Å². The molecule has 0 spiro atoms. The molecule has 1 aromatic rings. The second-order valence-electron chi connectivity index (χ2n) is 3.97. The van der Waals surface area contributed by atoms with Crippen LogP contribution in [0.4, 0.5) is 0 Å². The van der Waals surface area contributed by atoms with Crippen LogP contribution in [0.25, 0.3) is 0 Å². The van der Waals surface area contributed by atoms with E-state index in [1.54, 1.807) is 7.11 Å². The predicted molar refractivity (Wildman–Crippen MR) is 81.2 cm³/mol. The van der Waals surface area contributed by atoms with Crippen LogP contribution >= 0.6 is 31.9 Å². The minimum absolute atomic E-state index is 0.700. The van der Waals surface area contributed by atoms with E-state index in [-0.39, 0.29) is 0 Å². The van der Waals surface area contributed by atoms with E-state index >= 15 is 0 Å². The molecule has 0 heterocycles. The van der Waals surface area contributed by atoms with E-state index in [2.05, 4.69) is 49.3 Å². The fraction of sp³-hybridized carbons (Fsp3) is 0.538. The number of hydrogen-bond donors (Lipinski definition) is 1. The van der Waals surface area contributed by atoms with Gasteiger partial charge in [0, 0.05) is 20.3 Å². The van der Waals surface area contributed by atoms with Crippen molar-refractivity contribution in [1.29, 1.82) is 0 Å². The van der Waals surface area contributed by atoms with Crippen LogP contribution in [-0.2, 0) is 11.3 Å². The number of benzene rings is 1. The SMILES string of the molecule is CNCc1cc(Br)c(OCCCCOC)c(Br)c1. The third kappa shape index (κ3) is 5.26. The van der Waals surface area contributed by atoms with Gasteiger partial charge in [-0.05, 0) is 69.4 Å². The van der Waals surface area contributed by atoms with Gasteiger partial charge in [0.05, 0.1) is 15.6 Å². The molecule has 0 radical (unpaired) electrons. The van der Waals surface area contributed by atoms with E-state index in [0.29, 0.717) is 6.61 Å². The molecule has 0 aliphatic rings. The van der Waals surface area contributed by atoms with E-state index < -0.39 is 0 Å². The highest BCUT2D eigenvalue weighted by molar-refractivity contribution is 9.11. The molecular formula is C13H19Br2NO2. The predicted octanol–water partition coefficient (Wildman–Crippen LogP) is 3.74. The monoisotopic (exact) mass is 379 g/mol. The lowest BCUT2D eigenvalue weighted by Gasteiger charge is -2.12. The summed E-state index contributed by atoms with van der Waals surface area (Å²) in [4.78, 5) is 0. The minimum Gasteiger partial charge on any atom is -0.491 e. The lowest BCUT2D eigenvalue weighted by atomic mass is 10.2. The molecule has 3 nitrogen and oxygen atoms in total. The van der Waals surface area contributed by atoms with Crippen LogP contribution in [0.5, 0.6) is 5.75 Å². The number of rotatable bonds is 8. The van der Waals surface area contributed by atoms with E-state index in [1.165, 1.54) is 5.56 Å². The highest BCUT2D eigenvalue weighted by Crippen LogP contribution is 2.34. The minimum atomic E-state index is 0.700. The van der Waals surface area contributed by atoms with Crippen molar-refractivity contribution in [3.05, 3.63) is 26.6 Å². The lowest BCUT2D eigenvalue weighted by Crippen LogP contribution is -2.06. The van der Waals surface area contributed by atoms with Gasteiger partial charge in [-0.15, -0.1) is 0 Å². The molecule has 0 aliphatic heterocycles. The molecule has 0 amide bonds. The smallest absolute Gasteiger partial charge is 0.147 e. The van der Waals surface area contributed by atoms with E-state index in [1.807, 2.05) is 7.05 Å². The Kier molecular flexibility index (Phi) is 7.90. The molecule has 18 heavy (non-hydrogen) atoms. The maximum atomic E-state index is 5.78. The molecule has 0 aliphatic carbocycles. The first-order valence-electron chi connectivity index (χ1n) is 5.93. The van der Waals surface area contributed by atoms with Gasteiger partial charge in [0.2, 0.25) is 0 Å². The zero-order valence-corrected chi connectivity index (χ0v) is 13.9. The summed E-state index contributed by atoms with van der Waals surface area (Å²) in [5.41, 5.74) is 1.21. The first kappa shape index (κ1) is 16.0. The van der Waals surface area contributed by atoms with Crippen molar-refractivity contribution in [1.82, 2.24) is 5.32 Å². The Balaban J connectivity index is 2.54. The maximum absolute atomic E-state index is 5.78. The number of methoxy groups -OCH3 is 1. The van der Waals surface area contributed by atoms with Gasteiger partial charge in [-0.3, -0.25) is 0 Å². The van der Waals surface area contributed by atoms with Crippen LogP contribution in [0.2, 0.25) is 0 Å². The Morgan fingerprint density at radius 2 is 1.72 bits per heavy atom. The average molecular weight is 381 g/mol. The first-order chi connectivity index (χ1) is 8.69. The van der Waals surface area contributed by atoms with Crippen molar-refractivity contribution in [3.63, 3.8) is 0 Å². The van der Waals surface area contributed by atoms with Crippen molar-refractivity contribution < 1.29 is 9.47 Å². The summed E-state index contributed by atoms with van der Waals surface area (Å²) < 4.78 is 12.7. The molecule has 0 unspecified atom stereocenters. The molecule has 0 atom stereocenters. The third-order valence-corrected chi connectivity index (χ3v) is 3.61. The lowest BCUT2D eigenvalue weighted by molar-refractivity contribution is 0.184. The molecule has 0 saturated heterocycles. The van der Waals surface area contributed by atoms with Crippen LogP contribution in [0.15, 0.2) is 21.1 Å². The fourth-order valence-corrected chi connectivity index (χ4v) is 3.09. The van der Waals surface area contributed by atoms with Gasteiger partial charge in [0.1, 0.15) is 5.75 Å². The van der Waals surface area contributed by atoms with E-state index in [4.69, 9.17) is 9.47 Å². The number of unbranched alkanes of at least 4 members (excludes halogenated alkanes) is 1. The standard InChI is InChI=1S/C13H19Br2NO2/c1-16-9-10-7-11(14)13(12(15)8-10)18-6-4-3-5-17-2/h7-8,16H,3-6,9H2,1-2H3. The van der Waals surface area contributed by atoms with E-state index in [0.717, 1.165) is 40.7 Å². The third-order valence-electron chi connectivity index (χ3n) is 2.43. The molecule has 1 N–H and O–H groups in total. The molecule has 5 heteroatoms. The van der Waals surface area contributed by atoms with E-state index in [9.17, 15) is 0 Å². The highest BCUT2D eigenvalue weighted by atomic mass is 79.9. The molecule has 102 valence electrons. The van der Waals surface area contributed by atoms with Crippen molar-refractivity contribution >= 4 is 31.9 Å². The van der Waals surface area contributed by atoms with Crippen LogP contribution in [0, 0.1) is 0 Å². The summed E-state index contributed by atoms with van der Waals surface area (Å²) in [5, 5.41) is 3.13. The highest BCUT2D eigenvalue weighted by Gasteiger charge is 2.08. The number of ether oxygens (including phenoxy) is 2. The Bertz CT molecular complexity index is 349. The van der Waals surface area contributed by atoms with Crippen molar-refractivity contribution in [2.24, 2.45) is 0 Å². The van der Waals surface area contributed by atoms with Crippen molar-refractivity contribution in [2.45, 2.75) is 19.4 Å². The van der Waals surface area contributed by atoms with Gasteiger partial charge in [-0.1, -0.05) is 0 Å². The number of hydrogen-bond acceptors (Lipinski definition) is 3. The Labute approximate surface area is 125 Å². The number of nitrogens with one attached hydrogen (secondary N) is 1. The summed E-state index contributed by atoms with van der Waals surface area (Å²) in [6, 6.07) is 4.15. The van der Waals surface area contributed by atoms with Gasteiger partial charge in [-0.25, -0.2) is 0 Å². The van der Waals surface area contributed by atoms with Gasteiger partial charge in [-0.2, -0.15) is 0 Å². The largest absolute Gasteiger partial charge is 0.491 e. The fourth-order valence-electron chi connectivity index (χ4n) is 1.58. The molecule has 0 fully saturated rings. The Morgan fingerprint density at radius 1 is 1.11 bits per heavy atom. The molecule has 0 saturated carbocycles. The summed E-state index contributed by atoms with van der Waals surface area (Å²) in [6.45, 7) is 2.32. The summed E-state index contributed by atoms with van der Waals surface area (Å²) in [5.74, 6) is 0.868. The van der Waals surface area contributed by atoms with Crippen molar-refractivity contribution in [3.8, 4) is 5.75 Å². The molecule has 0 aromatic heterocycles. The molecule has 1 aromatic carbocycles. The van der Waals surface area contributed by atoms with Gasteiger partial charge in [0.25, 0.3) is 0 Å². The van der Waals surface area contributed by atoms with Crippen molar-refractivity contribution in [2.75, 3.05) is 27.4 Å². The Morgan fingerprint density at radius 3 is 2.28 bits per heavy atom. The molecular weight excluding hydrogens is 362 g/mol. The quantitative estimate of drug-likeness (QED) is 0.697. The van der Waals surface area contributed by atoms with Crippen LogP contribution in [0.3, 0.4) is 0 Å². The number of halogens is 2. The van der Waals surface area contributed by atoms with Gasteiger partial charge < -0.3 is 14.8 Å². The molecule has 0 bridgehead atoms. The van der Waals surface area contributed by atoms with Crippen LogP contribution in [-0.4, -0.2) is 27.4 Å². The maximum Gasteiger partial charge on any atom is 0.147 e. The summed E-state index contributed by atoms with van der Waals surface area (Å²) >= 11 is 7.09.